The average molecular weight is 580 g/mol. The van der Waals surface area contributed by atoms with Crippen LogP contribution in [0.2, 0.25) is 5.02 Å². The van der Waals surface area contributed by atoms with Crippen LogP contribution in [0.1, 0.15) is 19.0 Å². The van der Waals surface area contributed by atoms with Crippen molar-refractivity contribution in [2.75, 3.05) is 24.5 Å². The largest absolute Gasteiger partial charge is 0.356 e. The van der Waals surface area contributed by atoms with E-state index in [-0.39, 0.29) is 10.8 Å². The van der Waals surface area contributed by atoms with Gasteiger partial charge in [-0.15, -0.1) is 0 Å². The van der Waals surface area contributed by atoms with Crippen LogP contribution in [0, 0.1) is 5.92 Å². The van der Waals surface area contributed by atoms with E-state index in [9.17, 15) is 8.42 Å². The molecule has 9 nitrogen and oxygen atoms in total. The van der Waals surface area contributed by atoms with Gasteiger partial charge in [-0.3, -0.25) is 9.97 Å². The monoisotopic (exact) mass is 579 g/mol. The summed E-state index contributed by atoms with van der Waals surface area (Å²) in [6.07, 6.45) is 5.11. The van der Waals surface area contributed by atoms with Crippen LogP contribution in [-0.2, 0) is 16.4 Å². The summed E-state index contributed by atoms with van der Waals surface area (Å²) in [5, 5.41) is 1.99. The zero-order chi connectivity index (χ0) is 27.0. The van der Waals surface area contributed by atoms with Crippen molar-refractivity contribution in [1.82, 2.24) is 29.6 Å². The highest BCUT2D eigenvalue weighted by Gasteiger charge is 2.29. The van der Waals surface area contributed by atoms with Gasteiger partial charge >= 0.3 is 0 Å². The molecule has 0 aliphatic carbocycles. The zero-order valence-corrected chi connectivity index (χ0v) is 23.5. The van der Waals surface area contributed by atoms with Gasteiger partial charge in [0.1, 0.15) is 11.5 Å². The van der Waals surface area contributed by atoms with Crippen LogP contribution in [0.3, 0.4) is 0 Å². The van der Waals surface area contributed by atoms with Gasteiger partial charge in [0.05, 0.1) is 26.3 Å². The number of sulfonamides is 1. The van der Waals surface area contributed by atoms with Gasteiger partial charge < -0.3 is 9.88 Å². The summed E-state index contributed by atoms with van der Waals surface area (Å²) in [5.41, 5.74) is 3.23. The summed E-state index contributed by atoms with van der Waals surface area (Å²) in [6, 6.07) is 14.2. The van der Waals surface area contributed by atoms with Crippen molar-refractivity contribution in [1.29, 1.82) is 0 Å². The Balaban J connectivity index is 1.27. The number of nitrogens with zero attached hydrogens (tertiary/aromatic N) is 5. The maximum atomic E-state index is 12.7. The molecule has 1 aliphatic heterocycles. The van der Waals surface area contributed by atoms with E-state index >= 15 is 0 Å². The minimum atomic E-state index is -3.56. The van der Waals surface area contributed by atoms with Crippen molar-refractivity contribution in [3.8, 4) is 0 Å². The predicted octanol–water partition coefficient (Wildman–Crippen LogP) is 5.07. The highest BCUT2D eigenvalue weighted by atomic mass is 35.5. The van der Waals surface area contributed by atoms with E-state index in [2.05, 4.69) is 24.6 Å². The highest BCUT2D eigenvalue weighted by Crippen LogP contribution is 2.38. The Morgan fingerprint density at radius 1 is 1.13 bits per heavy atom. The Labute approximate surface area is 235 Å². The lowest BCUT2D eigenvalue weighted by Crippen LogP contribution is -2.31. The Morgan fingerprint density at radius 2 is 1.97 bits per heavy atom. The number of hydrogen-bond acceptors (Lipinski definition) is 8. The molecule has 1 atom stereocenters. The number of aromatic amines is 1. The van der Waals surface area contributed by atoms with Gasteiger partial charge in [0.25, 0.3) is 0 Å². The number of benzene rings is 1. The fraction of sp³-hybridized carbons (Fsp3) is 0.259. The molecule has 4 aromatic heterocycles. The van der Waals surface area contributed by atoms with Crippen LogP contribution >= 0.6 is 23.4 Å². The number of rotatable bonds is 8. The number of hydrogen-bond donors (Lipinski definition) is 2. The van der Waals surface area contributed by atoms with E-state index in [1.807, 2.05) is 25.1 Å². The van der Waals surface area contributed by atoms with Crippen LogP contribution in [0.15, 0.2) is 75.9 Å². The van der Waals surface area contributed by atoms with E-state index in [4.69, 9.17) is 21.6 Å². The number of H-pyrrole nitrogens is 1. The van der Waals surface area contributed by atoms with E-state index in [0.29, 0.717) is 28.9 Å². The molecule has 200 valence electrons. The molecule has 5 heterocycles. The average Bonchev–Trinajstić information content (AvgIpc) is 3.56. The molecule has 12 heteroatoms. The lowest BCUT2D eigenvalue weighted by atomic mass is 10.1. The second-order valence-electron chi connectivity index (χ2n) is 9.40. The first-order valence-electron chi connectivity index (χ1n) is 12.7. The zero-order valence-electron chi connectivity index (χ0n) is 21.1. The molecule has 1 unspecified atom stereocenters. The first-order valence-corrected chi connectivity index (χ1v) is 15.4. The number of aromatic nitrogens is 5. The van der Waals surface area contributed by atoms with Crippen LogP contribution < -0.4 is 9.62 Å². The van der Waals surface area contributed by atoms with E-state index in [0.717, 1.165) is 52.2 Å². The maximum Gasteiger partial charge on any atom is 0.240 e. The molecule has 0 bridgehead atoms. The molecule has 0 spiro atoms. The van der Waals surface area contributed by atoms with Gasteiger partial charge in [-0.05, 0) is 60.9 Å². The Kier molecular flexibility index (Phi) is 7.15. The molecule has 1 aliphatic rings. The Morgan fingerprint density at radius 3 is 2.79 bits per heavy atom. The first kappa shape index (κ1) is 26.0. The molecule has 0 amide bonds. The number of pyridine rings is 2. The lowest BCUT2D eigenvalue weighted by molar-refractivity contribution is 0.541. The van der Waals surface area contributed by atoms with Gasteiger partial charge in [0, 0.05) is 42.6 Å². The van der Waals surface area contributed by atoms with Crippen LogP contribution in [0.5, 0.6) is 0 Å². The molecule has 0 radical (unpaired) electrons. The smallest absolute Gasteiger partial charge is 0.240 e. The third-order valence-corrected chi connectivity index (χ3v) is 9.49. The van der Waals surface area contributed by atoms with Crippen molar-refractivity contribution in [3.63, 3.8) is 0 Å². The quantitative estimate of drug-likeness (QED) is 0.245. The normalized spacial score (nSPS) is 15.9. The lowest BCUT2D eigenvalue weighted by Gasteiger charge is -2.19. The fourth-order valence-electron chi connectivity index (χ4n) is 4.79. The Hall–Kier alpha value is -3.25. The van der Waals surface area contributed by atoms with E-state index in [1.54, 1.807) is 42.7 Å². The van der Waals surface area contributed by atoms with Crippen molar-refractivity contribution in [2.45, 2.75) is 34.7 Å². The van der Waals surface area contributed by atoms with Gasteiger partial charge in [-0.2, -0.15) is 0 Å². The first-order chi connectivity index (χ1) is 18.9. The van der Waals surface area contributed by atoms with E-state index in [1.165, 1.54) is 11.8 Å². The predicted molar refractivity (Wildman–Crippen MR) is 154 cm³/mol. The third-order valence-electron chi connectivity index (χ3n) is 6.81. The van der Waals surface area contributed by atoms with Crippen molar-refractivity contribution in [2.24, 2.45) is 5.92 Å². The minimum absolute atomic E-state index is 0.128. The molecular weight excluding hydrogens is 554 g/mol. The molecule has 1 saturated heterocycles. The maximum absolute atomic E-state index is 12.7. The molecular formula is C27H26ClN7O2S2. The number of halogens is 1. The summed E-state index contributed by atoms with van der Waals surface area (Å²) in [6.45, 7) is 3.77. The fourth-order valence-corrected chi connectivity index (χ4v) is 7.03. The summed E-state index contributed by atoms with van der Waals surface area (Å²) in [4.78, 5) is 25.3. The van der Waals surface area contributed by atoms with Crippen molar-refractivity contribution >= 4 is 61.3 Å². The standard InChI is InChI=1S/C27H26ClN7O2S2/c1-2-20-24(28)23-25(32-20)33-27(38-18-13-22-21(30-15-18)9-6-11-29-22)34-26(23)35-12-10-17(16-35)14-31-39(36,37)19-7-4-3-5-8-19/h3-9,11,13,15,17,31H,2,10,12,14,16H2,1H3,(H,32,33,34). The van der Waals surface area contributed by atoms with E-state index < -0.39 is 10.0 Å². The topological polar surface area (TPSA) is 117 Å². The summed E-state index contributed by atoms with van der Waals surface area (Å²) < 4.78 is 28.2. The highest BCUT2D eigenvalue weighted by molar-refractivity contribution is 7.99. The molecule has 0 saturated carbocycles. The number of nitrogens with one attached hydrogen (secondary N) is 2. The number of fused-ring (bicyclic) bond motifs is 2. The molecule has 2 N–H and O–H groups in total. The minimum Gasteiger partial charge on any atom is -0.356 e. The summed E-state index contributed by atoms with van der Waals surface area (Å²) >= 11 is 8.21. The van der Waals surface area contributed by atoms with Gasteiger partial charge in [-0.25, -0.2) is 23.1 Å². The molecule has 39 heavy (non-hydrogen) atoms. The van der Waals surface area contributed by atoms with Crippen molar-refractivity contribution < 1.29 is 8.42 Å². The second-order valence-corrected chi connectivity index (χ2v) is 12.6. The van der Waals surface area contributed by atoms with Crippen LogP contribution in [0.25, 0.3) is 22.1 Å². The van der Waals surface area contributed by atoms with Crippen LogP contribution in [-0.4, -0.2) is 53.0 Å². The van der Waals surface area contributed by atoms with Gasteiger partial charge in [0.2, 0.25) is 10.0 Å². The SMILES string of the molecule is CCc1[nH]c2nc(Sc3cnc4cccnc4c3)nc(N3CCC(CNS(=O)(=O)c4ccccc4)C3)c2c1Cl. The summed E-state index contributed by atoms with van der Waals surface area (Å²) in [5.74, 6) is 0.882. The summed E-state index contributed by atoms with van der Waals surface area (Å²) in [7, 11) is -3.56. The molecule has 1 fully saturated rings. The van der Waals surface area contributed by atoms with Crippen molar-refractivity contribution in [3.05, 3.63) is 71.6 Å². The Bertz CT molecular complexity index is 1760. The van der Waals surface area contributed by atoms with Gasteiger partial charge in [-0.1, -0.05) is 36.7 Å². The van der Waals surface area contributed by atoms with Gasteiger partial charge in [0.15, 0.2) is 5.16 Å². The second kappa shape index (κ2) is 10.7. The molecule has 6 rings (SSSR count). The van der Waals surface area contributed by atoms with Crippen LogP contribution in [0.4, 0.5) is 5.82 Å². The molecule has 5 aromatic rings. The third kappa shape index (κ3) is 5.31. The number of anilines is 1. The molecule has 1 aromatic carbocycles. The number of aryl methyl sites for hydroxylation is 1.